The third-order valence-corrected chi connectivity index (χ3v) is 4.20. The lowest BCUT2D eigenvalue weighted by molar-refractivity contribution is 0.631. The van der Waals surface area contributed by atoms with Crippen LogP contribution in [0.15, 0.2) is 52.9 Å². The summed E-state index contributed by atoms with van der Waals surface area (Å²) in [7, 11) is 0. The number of nitrogens with one attached hydrogen (secondary N) is 1. The van der Waals surface area contributed by atoms with Crippen LogP contribution >= 0.6 is 11.6 Å². The zero-order valence-electron chi connectivity index (χ0n) is 11.6. The van der Waals surface area contributed by atoms with Gasteiger partial charge in [-0.3, -0.25) is 0 Å². The summed E-state index contributed by atoms with van der Waals surface area (Å²) in [5, 5.41) is 5.22. The van der Waals surface area contributed by atoms with Crippen LogP contribution in [0.2, 0.25) is 5.02 Å². The highest BCUT2D eigenvalue weighted by molar-refractivity contribution is 6.34. The maximum Gasteiger partial charge on any atom is 0.153 e. The monoisotopic (exact) mass is 297 g/mol. The first-order valence-electron chi connectivity index (χ1n) is 7.30. The Bertz CT molecular complexity index is 772. The van der Waals surface area contributed by atoms with Gasteiger partial charge in [0.15, 0.2) is 5.58 Å². The maximum absolute atomic E-state index is 6.16. The summed E-state index contributed by atoms with van der Waals surface area (Å²) in [5.41, 5.74) is 3.14. The molecule has 1 N–H and O–H groups in total. The molecule has 0 spiro atoms. The molecule has 1 aliphatic rings. The molecule has 3 aromatic rings. The van der Waals surface area contributed by atoms with E-state index in [0.717, 1.165) is 34.9 Å². The fourth-order valence-corrected chi connectivity index (χ4v) is 2.73. The third kappa shape index (κ3) is 2.69. The van der Waals surface area contributed by atoms with Crippen LogP contribution in [0.1, 0.15) is 18.4 Å². The normalized spacial score (nSPS) is 14.7. The fourth-order valence-electron chi connectivity index (χ4n) is 2.51. The van der Waals surface area contributed by atoms with Crippen LogP contribution in [0, 0.1) is 0 Å². The molecule has 2 aromatic carbocycles. The van der Waals surface area contributed by atoms with E-state index in [9.17, 15) is 0 Å². The first-order valence-corrected chi connectivity index (χ1v) is 7.68. The molecule has 2 nitrogen and oxygen atoms in total. The molecule has 106 valence electrons. The minimum atomic E-state index is 0.656. The molecule has 0 amide bonds. The van der Waals surface area contributed by atoms with Gasteiger partial charge in [0, 0.05) is 23.5 Å². The largest absolute Gasteiger partial charge is 0.455 e. The molecule has 1 aliphatic carbocycles. The van der Waals surface area contributed by atoms with Gasteiger partial charge in [-0.1, -0.05) is 48.0 Å². The molecule has 21 heavy (non-hydrogen) atoms. The molecular formula is C18H16ClNO. The molecule has 1 heterocycles. The number of furan rings is 1. The lowest BCUT2D eigenvalue weighted by Gasteiger charge is -2.03. The van der Waals surface area contributed by atoms with E-state index in [4.69, 9.17) is 16.0 Å². The van der Waals surface area contributed by atoms with Gasteiger partial charge < -0.3 is 9.73 Å². The second-order valence-corrected chi connectivity index (χ2v) is 6.03. The second kappa shape index (κ2) is 5.21. The average molecular weight is 298 g/mol. The van der Waals surface area contributed by atoms with Crippen molar-refractivity contribution in [1.82, 2.24) is 5.32 Å². The highest BCUT2D eigenvalue weighted by Crippen LogP contribution is 2.32. The highest BCUT2D eigenvalue weighted by Gasteiger charge is 2.19. The number of hydrogen-bond acceptors (Lipinski definition) is 2. The number of halogens is 1. The Labute approximate surface area is 128 Å². The summed E-state index contributed by atoms with van der Waals surface area (Å²) in [6.07, 6.45) is 2.63. The predicted octanol–water partition coefficient (Wildman–Crippen LogP) is 5.01. The van der Waals surface area contributed by atoms with Gasteiger partial charge in [-0.2, -0.15) is 0 Å². The summed E-state index contributed by atoms with van der Waals surface area (Å²) in [5.74, 6) is 0.861. The summed E-state index contributed by atoms with van der Waals surface area (Å²) in [6.45, 7) is 0.941. The van der Waals surface area contributed by atoms with Gasteiger partial charge in [-0.15, -0.1) is 0 Å². The van der Waals surface area contributed by atoms with E-state index in [2.05, 4.69) is 29.6 Å². The Balaban J connectivity index is 1.60. The van der Waals surface area contributed by atoms with Crippen molar-refractivity contribution >= 4 is 22.6 Å². The van der Waals surface area contributed by atoms with Gasteiger partial charge in [0.25, 0.3) is 0 Å². The van der Waals surface area contributed by atoms with Crippen molar-refractivity contribution in [2.75, 3.05) is 0 Å². The number of fused-ring (bicyclic) bond motifs is 1. The number of hydrogen-bond donors (Lipinski definition) is 1. The first kappa shape index (κ1) is 12.9. The molecule has 0 radical (unpaired) electrons. The van der Waals surface area contributed by atoms with Gasteiger partial charge in [-0.25, -0.2) is 0 Å². The van der Waals surface area contributed by atoms with Gasteiger partial charge in [0.1, 0.15) is 5.76 Å². The zero-order chi connectivity index (χ0) is 14.2. The van der Waals surface area contributed by atoms with Gasteiger partial charge in [0.2, 0.25) is 0 Å². The quantitative estimate of drug-likeness (QED) is 0.732. The molecule has 0 saturated heterocycles. The minimum Gasteiger partial charge on any atom is -0.455 e. The molecule has 0 aliphatic heterocycles. The second-order valence-electron chi connectivity index (χ2n) is 5.62. The maximum atomic E-state index is 6.16. The molecule has 0 unspecified atom stereocenters. The number of rotatable bonds is 4. The Morgan fingerprint density at radius 3 is 2.62 bits per heavy atom. The van der Waals surface area contributed by atoms with E-state index in [1.54, 1.807) is 0 Å². The van der Waals surface area contributed by atoms with Crippen LogP contribution in [0.4, 0.5) is 0 Å². The molecule has 1 saturated carbocycles. The van der Waals surface area contributed by atoms with Crippen LogP contribution in [0.25, 0.3) is 22.3 Å². The minimum absolute atomic E-state index is 0.656. The van der Waals surface area contributed by atoms with Gasteiger partial charge in [-0.05, 0) is 30.5 Å². The lowest BCUT2D eigenvalue weighted by Crippen LogP contribution is -2.14. The van der Waals surface area contributed by atoms with E-state index in [1.807, 2.05) is 24.3 Å². The molecular weight excluding hydrogens is 282 g/mol. The topological polar surface area (TPSA) is 25.2 Å². The molecule has 1 aromatic heterocycles. The van der Waals surface area contributed by atoms with E-state index in [1.165, 1.54) is 18.4 Å². The molecule has 3 heteroatoms. The van der Waals surface area contributed by atoms with Crippen molar-refractivity contribution in [3.63, 3.8) is 0 Å². The van der Waals surface area contributed by atoms with Crippen molar-refractivity contribution in [2.24, 2.45) is 0 Å². The Morgan fingerprint density at radius 1 is 1.10 bits per heavy atom. The van der Waals surface area contributed by atoms with E-state index in [-0.39, 0.29) is 0 Å². The summed E-state index contributed by atoms with van der Waals surface area (Å²) in [6, 6.07) is 17.1. The Kier molecular flexibility index (Phi) is 3.21. The van der Waals surface area contributed by atoms with Gasteiger partial charge >= 0.3 is 0 Å². The summed E-state index contributed by atoms with van der Waals surface area (Å²) < 4.78 is 5.89. The first-order chi connectivity index (χ1) is 10.3. The van der Waals surface area contributed by atoms with E-state index in [0.29, 0.717) is 5.02 Å². The summed E-state index contributed by atoms with van der Waals surface area (Å²) in [4.78, 5) is 0. The summed E-state index contributed by atoms with van der Waals surface area (Å²) >= 11 is 6.16. The number of benzene rings is 2. The van der Waals surface area contributed by atoms with Crippen molar-refractivity contribution in [3.8, 4) is 11.3 Å². The van der Waals surface area contributed by atoms with Crippen LogP contribution in [-0.4, -0.2) is 6.04 Å². The SMILES string of the molecule is Clc1cccc2cc(-c3ccc(CNC4CC4)cc3)oc12. The van der Waals surface area contributed by atoms with E-state index < -0.39 is 0 Å². The van der Waals surface area contributed by atoms with Crippen molar-refractivity contribution in [1.29, 1.82) is 0 Å². The van der Waals surface area contributed by atoms with E-state index >= 15 is 0 Å². The third-order valence-electron chi connectivity index (χ3n) is 3.91. The zero-order valence-corrected chi connectivity index (χ0v) is 12.4. The van der Waals surface area contributed by atoms with Crippen LogP contribution < -0.4 is 5.32 Å². The average Bonchev–Trinajstić information content (AvgIpc) is 3.23. The number of para-hydroxylation sites is 1. The molecule has 0 atom stereocenters. The van der Waals surface area contributed by atoms with Crippen LogP contribution in [0.3, 0.4) is 0 Å². The molecule has 0 bridgehead atoms. The fraction of sp³-hybridized carbons (Fsp3) is 0.222. The highest BCUT2D eigenvalue weighted by atomic mass is 35.5. The van der Waals surface area contributed by atoms with Crippen LogP contribution in [0.5, 0.6) is 0 Å². The van der Waals surface area contributed by atoms with Crippen molar-refractivity contribution in [3.05, 3.63) is 59.1 Å². The Morgan fingerprint density at radius 2 is 1.90 bits per heavy atom. The predicted molar refractivity (Wildman–Crippen MR) is 86.5 cm³/mol. The van der Waals surface area contributed by atoms with Gasteiger partial charge in [0.05, 0.1) is 5.02 Å². The Hall–Kier alpha value is -1.77. The van der Waals surface area contributed by atoms with Crippen molar-refractivity contribution < 1.29 is 4.42 Å². The van der Waals surface area contributed by atoms with Crippen molar-refractivity contribution in [2.45, 2.75) is 25.4 Å². The smallest absolute Gasteiger partial charge is 0.153 e. The molecule has 1 fully saturated rings. The van der Waals surface area contributed by atoms with Crippen LogP contribution in [-0.2, 0) is 6.54 Å². The lowest BCUT2D eigenvalue weighted by atomic mass is 10.1. The standard InChI is InChI=1S/C18H16ClNO/c19-16-3-1-2-14-10-17(21-18(14)16)13-6-4-12(5-7-13)11-20-15-8-9-15/h1-7,10,15,20H,8-9,11H2. The molecule has 4 rings (SSSR count).